The van der Waals surface area contributed by atoms with E-state index < -0.39 is 12.0 Å². The van der Waals surface area contributed by atoms with E-state index in [1.807, 2.05) is 0 Å². The van der Waals surface area contributed by atoms with Crippen LogP contribution in [-0.2, 0) is 4.79 Å². The number of unbranched alkanes of at least 4 members (excludes halogenated alkanes) is 1. The van der Waals surface area contributed by atoms with Gasteiger partial charge in [0.2, 0.25) is 0 Å². The molecule has 0 aliphatic rings. The lowest BCUT2D eigenvalue weighted by atomic mass is 10.1. The van der Waals surface area contributed by atoms with Crippen LogP contribution in [0.4, 0.5) is 0 Å². The van der Waals surface area contributed by atoms with Gasteiger partial charge in [-0.05, 0) is 19.4 Å². The molecule has 0 bridgehead atoms. The summed E-state index contributed by atoms with van der Waals surface area (Å²) in [6.45, 7) is 0.890. The molecule has 0 aromatic carbocycles. The Morgan fingerprint density at radius 1 is 1.62 bits per heavy atom. The molecule has 0 spiro atoms. The van der Waals surface area contributed by atoms with Gasteiger partial charge in [-0.1, -0.05) is 12.3 Å². The second kappa shape index (κ2) is 7.59. The fraction of sp³-hybridized carbons (Fsp3) is 0.667. The first-order chi connectivity index (χ1) is 6.22. The maximum Gasteiger partial charge on any atom is 0.320 e. The maximum absolute atomic E-state index is 10.6. The predicted molar refractivity (Wildman–Crippen MR) is 51.2 cm³/mol. The van der Waals surface area contributed by atoms with Gasteiger partial charge in [0, 0.05) is 0 Å². The molecule has 0 fully saturated rings. The Labute approximate surface area is 78.5 Å². The molecule has 74 valence electrons. The van der Waals surface area contributed by atoms with Crippen LogP contribution in [0, 0.1) is 12.3 Å². The van der Waals surface area contributed by atoms with Crippen LogP contribution in [0.2, 0.25) is 0 Å². The number of carboxylic acids is 1. The normalized spacial score (nSPS) is 12.0. The smallest absolute Gasteiger partial charge is 0.320 e. The summed E-state index contributed by atoms with van der Waals surface area (Å²) in [5.41, 5.74) is 5.29. The van der Waals surface area contributed by atoms with E-state index in [1.165, 1.54) is 0 Å². The van der Waals surface area contributed by atoms with E-state index in [0.29, 0.717) is 19.5 Å². The number of nitrogens with two attached hydrogens (primary N) is 1. The second-order valence-electron chi connectivity index (χ2n) is 2.76. The SMILES string of the molecule is C#CCN[C@@H](CCCCN)C(=O)O. The molecule has 0 rings (SSSR count). The summed E-state index contributed by atoms with van der Waals surface area (Å²) < 4.78 is 0. The Morgan fingerprint density at radius 2 is 2.31 bits per heavy atom. The summed E-state index contributed by atoms with van der Waals surface area (Å²) >= 11 is 0. The van der Waals surface area contributed by atoms with Crippen molar-refractivity contribution in [2.75, 3.05) is 13.1 Å². The molecule has 4 N–H and O–H groups in total. The van der Waals surface area contributed by atoms with Crippen molar-refractivity contribution in [3.8, 4) is 12.3 Å². The van der Waals surface area contributed by atoms with Gasteiger partial charge in [-0.25, -0.2) is 0 Å². The second-order valence-corrected chi connectivity index (χ2v) is 2.76. The summed E-state index contributed by atoms with van der Waals surface area (Å²) in [5, 5.41) is 11.5. The standard InChI is InChI=1S/C9H16N2O2/c1-2-7-11-8(9(12)13)5-3-4-6-10/h1,8,11H,3-7,10H2,(H,12,13)/t8-/m0/s1. The lowest BCUT2D eigenvalue weighted by Crippen LogP contribution is -2.36. The highest BCUT2D eigenvalue weighted by Gasteiger charge is 2.14. The van der Waals surface area contributed by atoms with Crippen LogP contribution in [0.15, 0.2) is 0 Å². The molecule has 0 saturated heterocycles. The van der Waals surface area contributed by atoms with E-state index in [2.05, 4.69) is 11.2 Å². The number of hydrogen-bond acceptors (Lipinski definition) is 3. The molecular formula is C9H16N2O2. The molecule has 0 unspecified atom stereocenters. The molecule has 0 aliphatic carbocycles. The third-order valence-corrected chi connectivity index (χ3v) is 1.70. The topological polar surface area (TPSA) is 75.3 Å². The predicted octanol–water partition coefficient (Wildman–Crippen LogP) is -0.209. The molecular weight excluding hydrogens is 168 g/mol. The lowest BCUT2D eigenvalue weighted by Gasteiger charge is -2.11. The minimum Gasteiger partial charge on any atom is -0.480 e. The molecule has 0 radical (unpaired) electrons. The van der Waals surface area contributed by atoms with Gasteiger partial charge >= 0.3 is 5.97 Å². The average molecular weight is 184 g/mol. The fourth-order valence-corrected chi connectivity index (χ4v) is 0.988. The van der Waals surface area contributed by atoms with Gasteiger partial charge in [0.1, 0.15) is 6.04 Å². The molecule has 1 atom stereocenters. The third kappa shape index (κ3) is 6.14. The van der Waals surface area contributed by atoms with Crippen molar-refractivity contribution in [2.45, 2.75) is 25.3 Å². The van der Waals surface area contributed by atoms with Gasteiger partial charge < -0.3 is 10.8 Å². The zero-order valence-electron chi connectivity index (χ0n) is 7.62. The van der Waals surface area contributed by atoms with E-state index in [0.717, 1.165) is 12.8 Å². The highest BCUT2D eigenvalue weighted by atomic mass is 16.4. The number of carbonyl (C=O) groups is 1. The third-order valence-electron chi connectivity index (χ3n) is 1.70. The van der Waals surface area contributed by atoms with Gasteiger partial charge in [0.15, 0.2) is 0 Å². The fourth-order valence-electron chi connectivity index (χ4n) is 0.988. The van der Waals surface area contributed by atoms with Crippen LogP contribution in [0.5, 0.6) is 0 Å². The van der Waals surface area contributed by atoms with E-state index in [-0.39, 0.29) is 0 Å². The average Bonchev–Trinajstić information content (AvgIpc) is 2.10. The Morgan fingerprint density at radius 3 is 2.77 bits per heavy atom. The highest BCUT2D eigenvalue weighted by Crippen LogP contribution is 1.99. The summed E-state index contributed by atoms with van der Waals surface area (Å²) in [4.78, 5) is 10.6. The van der Waals surface area contributed by atoms with Crippen LogP contribution in [-0.4, -0.2) is 30.2 Å². The van der Waals surface area contributed by atoms with Crippen LogP contribution >= 0.6 is 0 Å². The molecule has 0 aliphatic heterocycles. The Balaban J connectivity index is 3.68. The van der Waals surface area contributed by atoms with Crippen molar-refractivity contribution in [2.24, 2.45) is 5.73 Å². The molecule has 0 heterocycles. The molecule has 4 nitrogen and oxygen atoms in total. The van der Waals surface area contributed by atoms with Crippen molar-refractivity contribution in [3.63, 3.8) is 0 Å². The first-order valence-electron chi connectivity index (χ1n) is 4.32. The van der Waals surface area contributed by atoms with Crippen LogP contribution in [0.1, 0.15) is 19.3 Å². The van der Waals surface area contributed by atoms with Crippen molar-refractivity contribution >= 4 is 5.97 Å². The van der Waals surface area contributed by atoms with E-state index in [1.54, 1.807) is 0 Å². The zero-order valence-corrected chi connectivity index (χ0v) is 7.62. The summed E-state index contributed by atoms with van der Waals surface area (Å²) in [6.07, 6.45) is 7.24. The largest absolute Gasteiger partial charge is 0.480 e. The summed E-state index contributed by atoms with van der Waals surface area (Å²) in [6, 6.07) is -0.539. The highest BCUT2D eigenvalue weighted by molar-refractivity contribution is 5.73. The molecule has 0 amide bonds. The van der Waals surface area contributed by atoms with E-state index in [4.69, 9.17) is 17.3 Å². The van der Waals surface area contributed by atoms with Crippen LogP contribution in [0.25, 0.3) is 0 Å². The van der Waals surface area contributed by atoms with Crippen molar-refractivity contribution in [1.82, 2.24) is 5.32 Å². The number of carboxylic acid groups (broad SMARTS) is 1. The maximum atomic E-state index is 10.6. The Hall–Kier alpha value is -1.05. The lowest BCUT2D eigenvalue weighted by molar-refractivity contribution is -0.139. The molecule has 0 saturated carbocycles. The molecule has 0 aromatic heterocycles. The minimum absolute atomic E-state index is 0.291. The summed E-state index contributed by atoms with van der Waals surface area (Å²) in [5.74, 6) is 1.49. The first-order valence-corrected chi connectivity index (χ1v) is 4.32. The van der Waals surface area contributed by atoms with Gasteiger partial charge in [0.25, 0.3) is 0 Å². The number of rotatable bonds is 7. The van der Waals surface area contributed by atoms with Gasteiger partial charge in [-0.2, -0.15) is 0 Å². The number of hydrogen-bond donors (Lipinski definition) is 3. The number of aliphatic carboxylic acids is 1. The zero-order chi connectivity index (χ0) is 10.1. The van der Waals surface area contributed by atoms with Crippen LogP contribution in [0.3, 0.4) is 0 Å². The van der Waals surface area contributed by atoms with Gasteiger partial charge in [0.05, 0.1) is 6.54 Å². The van der Waals surface area contributed by atoms with E-state index in [9.17, 15) is 4.79 Å². The van der Waals surface area contributed by atoms with E-state index >= 15 is 0 Å². The Bertz CT molecular complexity index is 187. The van der Waals surface area contributed by atoms with Crippen LogP contribution < -0.4 is 11.1 Å². The Kier molecular flexibility index (Phi) is 6.98. The quantitative estimate of drug-likeness (QED) is 0.378. The molecule has 13 heavy (non-hydrogen) atoms. The first kappa shape index (κ1) is 11.9. The van der Waals surface area contributed by atoms with Gasteiger partial charge in [-0.3, -0.25) is 10.1 Å². The van der Waals surface area contributed by atoms with Crippen molar-refractivity contribution < 1.29 is 9.90 Å². The molecule has 4 heteroatoms. The van der Waals surface area contributed by atoms with Gasteiger partial charge in [-0.15, -0.1) is 6.42 Å². The molecule has 0 aromatic rings. The van der Waals surface area contributed by atoms with Crippen molar-refractivity contribution in [3.05, 3.63) is 0 Å². The monoisotopic (exact) mass is 184 g/mol. The number of terminal acetylenes is 1. The minimum atomic E-state index is -0.854. The number of nitrogens with one attached hydrogen (secondary N) is 1. The summed E-state index contributed by atoms with van der Waals surface area (Å²) in [7, 11) is 0. The van der Waals surface area contributed by atoms with Crippen molar-refractivity contribution in [1.29, 1.82) is 0 Å².